The van der Waals surface area contributed by atoms with Gasteiger partial charge in [0, 0.05) is 25.2 Å². The van der Waals surface area contributed by atoms with E-state index in [-0.39, 0.29) is 24.7 Å². The lowest BCUT2D eigenvalue weighted by Gasteiger charge is -2.35. The molecular weight excluding hydrogens is 448 g/mol. The smallest absolute Gasteiger partial charge is 0.233 e. The quantitative estimate of drug-likeness (QED) is 0.335. The first kappa shape index (κ1) is 24.0. The average molecular weight is 479 g/mol. The van der Waals surface area contributed by atoms with Gasteiger partial charge in [-0.15, -0.1) is 16.8 Å². The Balaban J connectivity index is 1.43. The van der Waals surface area contributed by atoms with Gasteiger partial charge in [0.05, 0.1) is 18.0 Å². The molecule has 1 fully saturated rings. The Bertz CT molecular complexity index is 1110. The van der Waals surface area contributed by atoms with Gasteiger partial charge in [0.2, 0.25) is 5.91 Å². The van der Waals surface area contributed by atoms with Crippen LogP contribution in [0.3, 0.4) is 0 Å². The van der Waals surface area contributed by atoms with E-state index < -0.39 is 0 Å². The summed E-state index contributed by atoms with van der Waals surface area (Å²) in [6.07, 6.45) is 1.89. The molecule has 1 amide bonds. The summed E-state index contributed by atoms with van der Waals surface area (Å²) in [6.45, 7) is 9.87. The van der Waals surface area contributed by atoms with Gasteiger partial charge in [0.15, 0.2) is 11.0 Å². The van der Waals surface area contributed by atoms with Crippen molar-refractivity contribution >= 4 is 17.7 Å². The first-order valence-electron chi connectivity index (χ1n) is 11.4. The van der Waals surface area contributed by atoms with Crippen molar-refractivity contribution in [2.75, 3.05) is 18.8 Å². The molecule has 4 rings (SSSR count). The Morgan fingerprint density at radius 2 is 1.82 bits per heavy atom. The highest BCUT2D eigenvalue weighted by atomic mass is 32.2. The molecule has 0 N–H and O–H groups in total. The van der Waals surface area contributed by atoms with Gasteiger partial charge in [-0.05, 0) is 25.5 Å². The molecule has 1 aliphatic heterocycles. The molecule has 1 aliphatic rings. The van der Waals surface area contributed by atoms with Crippen molar-refractivity contribution < 1.29 is 14.3 Å². The van der Waals surface area contributed by atoms with E-state index in [4.69, 9.17) is 9.47 Å². The van der Waals surface area contributed by atoms with Crippen LogP contribution >= 0.6 is 11.8 Å². The van der Waals surface area contributed by atoms with Crippen LogP contribution in [0.25, 0.3) is 11.1 Å². The Labute approximate surface area is 204 Å². The number of rotatable bonds is 9. The van der Waals surface area contributed by atoms with Gasteiger partial charge in [0.1, 0.15) is 12.4 Å². The maximum absolute atomic E-state index is 12.8. The number of benzene rings is 2. The van der Waals surface area contributed by atoms with Crippen LogP contribution in [0.4, 0.5) is 0 Å². The summed E-state index contributed by atoms with van der Waals surface area (Å²) in [5, 5.41) is 9.35. The third-order valence-corrected chi connectivity index (χ3v) is 6.48. The molecule has 2 atom stereocenters. The number of carbonyl (C=O) groups excluding carboxylic acids is 1. The summed E-state index contributed by atoms with van der Waals surface area (Å²) in [7, 11) is 0. The largest absolute Gasteiger partial charge is 0.485 e. The SMILES string of the molecule is C=CCn1c(COc2ccccc2-c2ccccc2)nnc1SCC(=O)N1C[C@H](C)O[C@@H](C)C1. The fourth-order valence-electron chi connectivity index (χ4n) is 4.04. The number of thioether (sulfide) groups is 1. The molecule has 0 aliphatic carbocycles. The van der Waals surface area contributed by atoms with Gasteiger partial charge in [-0.25, -0.2) is 0 Å². The average Bonchev–Trinajstić information content (AvgIpc) is 3.23. The maximum atomic E-state index is 12.8. The molecule has 178 valence electrons. The van der Waals surface area contributed by atoms with E-state index in [9.17, 15) is 4.79 Å². The first-order chi connectivity index (χ1) is 16.5. The Morgan fingerprint density at radius 3 is 2.56 bits per heavy atom. The molecule has 0 bridgehead atoms. The van der Waals surface area contributed by atoms with E-state index in [1.54, 1.807) is 6.08 Å². The van der Waals surface area contributed by atoms with E-state index in [2.05, 4.69) is 28.9 Å². The zero-order chi connectivity index (χ0) is 23.9. The van der Waals surface area contributed by atoms with Crippen molar-refractivity contribution in [2.24, 2.45) is 0 Å². The molecule has 7 nitrogen and oxygen atoms in total. The first-order valence-corrected chi connectivity index (χ1v) is 12.4. The molecule has 34 heavy (non-hydrogen) atoms. The minimum atomic E-state index is 0.0460. The molecule has 1 aromatic heterocycles. The van der Waals surface area contributed by atoms with Crippen LogP contribution in [-0.2, 0) is 22.7 Å². The fourth-order valence-corrected chi connectivity index (χ4v) is 4.90. The highest BCUT2D eigenvalue weighted by Gasteiger charge is 2.26. The normalized spacial score (nSPS) is 18.0. The second-order valence-corrected chi connectivity index (χ2v) is 9.24. The minimum Gasteiger partial charge on any atom is -0.485 e. The number of hydrogen-bond acceptors (Lipinski definition) is 6. The molecule has 2 heterocycles. The van der Waals surface area contributed by atoms with E-state index in [0.717, 1.165) is 16.9 Å². The lowest BCUT2D eigenvalue weighted by molar-refractivity contribution is -0.140. The van der Waals surface area contributed by atoms with Crippen molar-refractivity contribution in [3.63, 3.8) is 0 Å². The number of amides is 1. The molecule has 2 aromatic carbocycles. The topological polar surface area (TPSA) is 69.5 Å². The second kappa shape index (κ2) is 11.4. The van der Waals surface area contributed by atoms with Gasteiger partial charge in [-0.1, -0.05) is 66.4 Å². The Hall–Kier alpha value is -3.10. The second-order valence-electron chi connectivity index (χ2n) is 8.29. The molecule has 8 heteroatoms. The summed E-state index contributed by atoms with van der Waals surface area (Å²) < 4.78 is 13.8. The van der Waals surface area contributed by atoms with Crippen LogP contribution in [0.1, 0.15) is 19.7 Å². The molecule has 0 spiro atoms. The number of allylic oxidation sites excluding steroid dienone is 1. The number of ether oxygens (including phenoxy) is 2. The molecular formula is C26H30N4O3S. The molecule has 0 radical (unpaired) electrons. The van der Waals surface area contributed by atoms with Crippen molar-refractivity contribution in [3.05, 3.63) is 73.1 Å². The van der Waals surface area contributed by atoms with Crippen LogP contribution in [0, 0.1) is 0 Å². The number of morpholine rings is 1. The van der Waals surface area contributed by atoms with Crippen LogP contribution in [0.5, 0.6) is 5.75 Å². The predicted octanol–water partition coefficient (Wildman–Crippen LogP) is 4.44. The number of nitrogens with zero attached hydrogens (tertiary/aromatic N) is 4. The van der Waals surface area contributed by atoms with E-state index >= 15 is 0 Å². The van der Waals surface area contributed by atoms with Crippen molar-refractivity contribution in [1.82, 2.24) is 19.7 Å². The monoisotopic (exact) mass is 478 g/mol. The number of aromatic nitrogens is 3. The van der Waals surface area contributed by atoms with Crippen LogP contribution < -0.4 is 4.74 Å². The van der Waals surface area contributed by atoms with Gasteiger partial charge >= 0.3 is 0 Å². The Kier molecular flexibility index (Phi) is 8.03. The number of carbonyl (C=O) groups is 1. The van der Waals surface area contributed by atoms with Crippen LogP contribution in [0.15, 0.2) is 72.4 Å². The van der Waals surface area contributed by atoms with Crippen LogP contribution in [0.2, 0.25) is 0 Å². The van der Waals surface area contributed by atoms with E-state index in [1.165, 1.54) is 11.8 Å². The highest BCUT2D eigenvalue weighted by Crippen LogP contribution is 2.30. The van der Waals surface area contributed by atoms with Gasteiger partial charge in [-0.2, -0.15) is 0 Å². The lowest BCUT2D eigenvalue weighted by Crippen LogP contribution is -2.48. The molecule has 0 unspecified atom stereocenters. The lowest BCUT2D eigenvalue weighted by atomic mass is 10.1. The molecule has 0 saturated carbocycles. The fraction of sp³-hybridized carbons (Fsp3) is 0.346. The zero-order valence-corrected chi connectivity index (χ0v) is 20.4. The van der Waals surface area contributed by atoms with E-state index in [1.807, 2.05) is 65.8 Å². The van der Waals surface area contributed by atoms with Gasteiger partial charge in [0.25, 0.3) is 0 Å². The maximum Gasteiger partial charge on any atom is 0.233 e. The van der Waals surface area contributed by atoms with Crippen LogP contribution in [-0.4, -0.2) is 56.6 Å². The van der Waals surface area contributed by atoms with Gasteiger partial charge in [-0.3, -0.25) is 9.36 Å². The number of para-hydroxylation sites is 1. The van der Waals surface area contributed by atoms with Gasteiger partial charge < -0.3 is 14.4 Å². The van der Waals surface area contributed by atoms with E-state index in [0.29, 0.717) is 36.4 Å². The molecule has 3 aromatic rings. The third-order valence-electron chi connectivity index (χ3n) is 5.53. The minimum absolute atomic E-state index is 0.0460. The standard InChI is InChI=1S/C26H30N4O3S/c1-4-14-30-24(17-32-23-13-9-8-12-22(23)21-10-6-5-7-11-21)27-28-26(30)34-18-25(31)29-15-19(2)33-20(3)16-29/h4-13,19-20H,1,14-18H2,2-3H3/t19-,20-/m0/s1. The third kappa shape index (κ3) is 5.87. The molecule has 1 saturated heterocycles. The van der Waals surface area contributed by atoms with Crippen molar-refractivity contribution in [1.29, 1.82) is 0 Å². The number of hydrogen-bond donors (Lipinski definition) is 0. The summed E-state index contributed by atoms with van der Waals surface area (Å²) in [4.78, 5) is 14.6. The van der Waals surface area contributed by atoms with Crippen molar-refractivity contribution in [2.45, 2.75) is 44.4 Å². The Morgan fingerprint density at radius 1 is 1.12 bits per heavy atom. The van der Waals surface area contributed by atoms with Crippen molar-refractivity contribution in [3.8, 4) is 16.9 Å². The summed E-state index contributed by atoms with van der Waals surface area (Å²) in [5.74, 6) is 1.84. The summed E-state index contributed by atoms with van der Waals surface area (Å²) >= 11 is 1.39. The summed E-state index contributed by atoms with van der Waals surface area (Å²) in [6, 6.07) is 18.1. The summed E-state index contributed by atoms with van der Waals surface area (Å²) in [5.41, 5.74) is 2.11. The highest BCUT2D eigenvalue weighted by molar-refractivity contribution is 7.99. The zero-order valence-electron chi connectivity index (χ0n) is 19.6. The predicted molar refractivity (Wildman–Crippen MR) is 134 cm³/mol.